The van der Waals surface area contributed by atoms with Crippen LogP contribution in [0.4, 0.5) is 0 Å². The summed E-state index contributed by atoms with van der Waals surface area (Å²) in [6.07, 6.45) is 5.24. The Hall–Kier alpha value is -13.5. The summed E-state index contributed by atoms with van der Waals surface area (Å²) < 4.78 is 0. The summed E-state index contributed by atoms with van der Waals surface area (Å²) in [5.41, 5.74) is 30.1. The quantitative estimate of drug-likeness (QED) is 0.0505. The topological polar surface area (TPSA) is 207 Å². The van der Waals surface area contributed by atoms with Crippen LogP contribution in [0.15, 0.2) is 194 Å². The molecular weight excluding hydrogens is 1340 g/mol. The molecule has 530 valence electrons. The average Bonchev–Trinajstić information content (AvgIpc) is 1.57. The maximum absolute atomic E-state index is 11.8. The standard InChI is InChI=1S/C96H78N4O8/c1-9-73-74(10-2)86-82(66-43-27-58(28-44-66)18-22-62-35-51-70(52-36-62)94(103)104)88-77(13-5)78(14-6)90(99-88)84(68-47-31-60(32-48-68)20-24-64-39-55-72(56-40-64)96(107)108)92-80(16-8)79(15-7)91(100-92)83(67-45-29-59(30-46-67)19-23-63-37-53-71(54-38-63)95(105)106)89-76(12-4)75(11-3)87(98-89)81(85(73)97-86)65-41-25-57(26-42-65)17-21-61-33-49-69(50-34-61)93(101)102/h25-56,97,100H,9-16H2,1-8H3,(H,101,102)(H,103,104)(H,105,106)(H,107,108). The number of hydrogen-bond acceptors (Lipinski definition) is 6. The van der Waals surface area contributed by atoms with Gasteiger partial charge in [-0.3, -0.25) is 0 Å². The Labute approximate surface area is 628 Å². The highest BCUT2D eigenvalue weighted by Crippen LogP contribution is 2.50. The van der Waals surface area contributed by atoms with Gasteiger partial charge in [0.15, 0.2) is 0 Å². The Balaban J connectivity index is 1.18. The SMILES string of the molecule is CCC1=C(CC)c2nc1c(-c1ccc(C#Cc3ccc(C(=O)O)cc3)cc1)c1[nH]c(c(CC)c1CC)c(-c1ccc(C#Cc3ccc(C(=O)O)cc3)cc1)c1nc(c(-c3ccc(C#Cc4ccc(C(=O)O)cc4)cc3)c3[nH]c(c(CC)c3CC)c2-c2ccc(C#Cc3ccc(C(=O)O)cc3)cc2)C(CC)=C1CC. The molecule has 0 saturated carbocycles. The number of carbonyl (C=O) groups is 4. The summed E-state index contributed by atoms with van der Waals surface area (Å²) >= 11 is 0. The molecule has 5 heterocycles. The third kappa shape index (κ3) is 14.6. The fourth-order valence-electron chi connectivity index (χ4n) is 14.8. The lowest BCUT2D eigenvalue weighted by Gasteiger charge is -2.12. The third-order valence-corrected chi connectivity index (χ3v) is 20.2. The number of aromatic amines is 2. The minimum atomic E-state index is -1.00. The summed E-state index contributed by atoms with van der Waals surface area (Å²) in [5, 5.41) is 38.5. The van der Waals surface area contributed by atoms with Crippen molar-refractivity contribution in [3.63, 3.8) is 0 Å². The fraction of sp³-hybridized carbons (Fsp3) is 0.167. The van der Waals surface area contributed by atoms with E-state index < -0.39 is 23.9 Å². The molecule has 2 aliphatic heterocycles. The van der Waals surface area contributed by atoms with E-state index >= 15 is 0 Å². The van der Waals surface area contributed by atoms with Gasteiger partial charge in [0.05, 0.1) is 67.1 Å². The Morgan fingerprint density at radius 2 is 0.407 bits per heavy atom. The molecule has 2 aliphatic rings. The van der Waals surface area contributed by atoms with Crippen LogP contribution < -0.4 is 0 Å². The van der Waals surface area contributed by atoms with Gasteiger partial charge in [0.25, 0.3) is 0 Å². The Morgan fingerprint density at radius 1 is 0.250 bits per heavy atom. The van der Waals surface area contributed by atoms with E-state index in [1.807, 2.05) is 48.5 Å². The molecule has 13 rings (SSSR count). The van der Waals surface area contributed by atoms with Crippen molar-refractivity contribution in [1.82, 2.24) is 19.9 Å². The smallest absolute Gasteiger partial charge is 0.335 e. The largest absolute Gasteiger partial charge is 0.478 e. The van der Waals surface area contributed by atoms with Crippen LogP contribution in [0.5, 0.6) is 0 Å². The van der Waals surface area contributed by atoms with Crippen LogP contribution in [0, 0.1) is 47.4 Å². The molecular formula is C96H78N4O8. The van der Waals surface area contributed by atoms with Crippen LogP contribution >= 0.6 is 0 Å². The van der Waals surface area contributed by atoms with E-state index in [9.17, 15) is 39.6 Å². The molecule has 0 saturated heterocycles. The first-order valence-electron chi connectivity index (χ1n) is 36.7. The first kappa shape index (κ1) is 72.8. The minimum Gasteiger partial charge on any atom is -0.478 e. The fourth-order valence-corrected chi connectivity index (χ4v) is 14.8. The van der Waals surface area contributed by atoms with Gasteiger partial charge in [0.1, 0.15) is 0 Å². The Morgan fingerprint density at radius 3 is 0.546 bits per heavy atom. The summed E-state index contributed by atoms with van der Waals surface area (Å²) in [5.74, 6) is 22.4. The highest BCUT2D eigenvalue weighted by atomic mass is 16.4. The summed E-state index contributed by atoms with van der Waals surface area (Å²) in [7, 11) is 0. The van der Waals surface area contributed by atoms with Crippen LogP contribution in [0.2, 0.25) is 0 Å². The lowest BCUT2D eigenvalue weighted by Crippen LogP contribution is -1.95. The Bertz CT molecular complexity index is 5230. The highest BCUT2D eigenvalue weighted by molar-refractivity contribution is 6.10. The van der Waals surface area contributed by atoms with Gasteiger partial charge in [-0.2, -0.15) is 0 Å². The Kier molecular flexibility index (Phi) is 21.5. The first-order chi connectivity index (χ1) is 52.5. The van der Waals surface area contributed by atoms with Gasteiger partial charge >= 0.3 is 23.9 Å². The molecule has 0 radical (unpaired) electrons. The van der Waals surface area contributed by atoms with Gasteiger partial charge in [-0.1, -0.05) is 151 Å². The molecule has 0 aliphatic carbocycles. The van der Waals surface area contributed by atoms with E-state index in [1.54, 1.807) is 97.1 Å². The maximum Gasteiger partial charge on any atom is 0.335 e. The van der Waals surface area contributed by atoms with Crippen LogP contribution in [0.25, 0.3) is 88.9 Å². The predicted octanol–water partition coefficient (Wildman–Crippen LogP) is 21.1. The molecule has 0 unspecified atom stereocenters. The number of aryl methyl sites for hydroxylation is 4. The number of hydrogen-bond donors (Lipinski definition) is 6. The van der Waals surface area contributed by atoms with E-state index in [0.29, 0.717) is 73.6 Å². The van der Waals surface area contributed by atoms with Gasteiger partial charge in [-0.15, -0.1) is 0 Å². The third-order valence-electron chi connectivity index (χ3n) is 20.2. The van der Waals surface area contributed by atoms with Gasteiger partial charge in [-0.25, -0.2) is 29.1 Å². The molecule has 8 aromatic carbocycles. The van der Waals surface area contributed by atoms with Gasteiger partial charge in [0, 0.05) is 66.8 Å². The lowest BCUT2D eigenvalue weighted by molar-refractivity contribution is 0.0686. The second-order valence-corrected chi connectivity index (χ2v) is 26.4. The van der Waals surface area contributed by atoms with Crippen LogP contribution in [0.1, 0.15) is 212 Å². The van der Waals surface area contributed by atoms with Crippen molar-refractivity contribution in [2.75, 3.05) is 0 Å². The van der Waals surface area contributed by atoms with Crippen molar-refractivity contribution in [2.45, 2.75) is 107 Å². The zero-order valence-electron chi connectivity index (χ0n) is 61.4. The van der Waals surface area contributed by atoms with Crippen molar-refractivity contribution in [1.29, 1.82) is 0 Å². The molecule has 0 atom stereocenters. The number of H-pyrrole nitrogens is 2. The van der Waals surface area contributed by atoms with E-state index in [4.69, 9.17) is 9.97 Å². The number of aromatic nitrogens is 4. The van der Waals surface area contributed by atoms with E-state index in [2.05, 4.69) is 161 Å². The number of carboxylic acids is 4. The second kappa shape index (κ2) is 31.8. The molecule has 3 aromatic heterocycles. The molecule has 0 spiro atoms. The number of fused-ring (bicyclic) bond motifs is 8. The number of carboxylic acid groups (broad SMARTS) is 4. The molecule has 8 bridgehead atoms. The van der Waals surface area contributed by atoms with Gasteiger partial charge in [-0.05, 0) is 264 Å². The van der Waals surface area contributed by atoms with Crippen LogP contribution in [-0.4, -0.2) is 64.2 Å². The average molecular weight is 1420 g/mol. The number of aromatic carboxylic acids is 4. The van der Waals surface area contributed by atoms with Crippen molar-refractivity contribution in [2.24, 2.45) is 0 Å². The molecule has 6 N–H and O–H groups in total. The zero-order valence-corrected chi connectivity index (χ0v) is 61.4. The monoisotopic (exact) mass is 1410 g/mol. The highest BCUT2D eigenvalue weighted by Gasteiger charge is 2.32. The molecule has 108 heavy (non-hydrogen) atoms. The number of nitrogens with one attached hydrogen (secondary N) is 2. The lowest BCUT2D eigenvalue weighted by atomic mass is 9.89. The van der Waals surface area contributed by atoms with Crippen molar-refractivity contribution in [3.8, 4) is 91.9 Å². The van der Waals surface area contributed by atoms with Crippen LogP contribution in [0.3, 0.4) is 0 Å². The summed E-state index contributed by atoms with van der Waals surface area (Å²) in [6.45, 7) is 17.7. The van der Waals surface area contributed by atoms with Crippen LogP contribution in [-0.2, 0) is 25.7 Å². The molecule has 12 heteroatoms. The van der Waals surface area contributed by atoms with E-state index in [1.165, 1.54) is 0 Å². The van der Waals surface area contributed by atoms with Gasteiger partial charge < -0.3 is 30.4 Å². The predicted molar refractivity (Wildman–Crippen MR) is 433 cm³/mol. The number of nitrogens with zero attached hydrogens (tertiary/aromatic N) is 2. The van der Waals surface area contributed by atoms with E-state index in [0.717, 1.165) is 156 Å². The van der Waals surface area contributed by atoms with Crippen molar-refractivity contribution >= 4 is 68.2 Å². The van der Waals surface area contributed by atoms with Crippen molar-refractivity contribution in [3.05, 3.63) is 306 Å². The molecule has 0 fully saturated rings. The first-order valence-corrected chi connectivity index (χ1v) is 36.7. The number of allylic oxidation sites excluding steroid dienone is 4. The molecule has 11 aromatic rings. The number of rotatable bonds is 16. The second-order valence-electron chi connectivity index (χ2n) is 26.4. The molecule has 0 amide bonds. The normalized spacial score (nSPS) is 11.6. The van der Waals surface area contributed by atoms with E-state index in [-0.39, 0.29) is 22.3 Å². The van der Waals surface area contributed by atoms with Gasteiger partial charge in [0.2, 0.25) is 0 Å². The molecule has 12 nitrogen and oxygen atoms in total. The summed E-state index contributed by atoms with van der Waals surface area (Å²) in [6, 6.07) is 59.7. The zero-order chi connectivity index (χ0) is 75.9. The maximum atomic E-state index is 11.8. The van der Waals surface area contributed by atoms with Crippen molar-refractivity contribution < 1.29 is 39.6 Å². The minimum absolute atomic E-state index is 0.187. The summed E-state index contributed by atoms with van der Waals surface area (Å²) in [4.78, 5) is 67.9. The number of benzene rings is 8.